The number of carbonyl (C=O) groups is 2. The third-order valence-electron chi connectivity index (χ3n) is 3.79. The summed E-state index contributed by atoms with van der Waals surface area (Å²) in [5.74, 6) is -0.293. The average Bonchev–Trinajstić information content (AvgIpc) is 2.43. The van der Waals surface area contributed by atoms with Gasteiger partial charge in [-0.1, -0.05) is 19.1 Å². The molecule has 0 bridgehead atoms. The molecular weight excluding hydrogens is 334 g/mol. The quantitative estimate of drug-likeness (QED) is 0.860. The molecule has 1 fully saturated rings. The average molecular weight is 354 g/mol. The smallest absolute Gasteiger partial charge is 0.259 e. The third kappa shape index (κ3) is 4.36. The minimum atomic E-state index is -0.380. The molecule has 2 amide bonds. The van der Waals surface area contributed by atoms with Gasteiger partial charge in [-0.2, -0.15) is 0 Å². The van der Waals surface area contributed by atoms with Gasteiger partial charge in [0.05, 0.1) is 12.1 Å². The van der Waals surface area contributed by atoms with Gasteiger partial charge in [0.25, 0.3) is 5.91 Å². The van der Waals surface area contributed by atoms with Crippen LogP contribution in [0.1, 0.15) is 23.7 Å². The molecule has 5 nitrogen and oxygen atoms in total. The van der Waals surface area contributed by atoms with Crippen LogP contribution in [0.3, 0.4) is 0 Å². The van der Waals surface area contributed by atoms with E-state index in [-0.39, 0.29) is 24.4 Å². The van der Waals surface area contributed by atoms with Gasteiger partial charge in [0.2, 0.25) is 5.91 Å². The lowest BCUT2D eigenvalue weighted by Crippen LogP contribution is -2.49. The highest BCUT2D eigenvalue weighted by Crippen LogP contribution is 2.16. The Labute approximate surface area is 133 Å². The number of rotatable bonds is 3. The van der Waals surface area contributed by atoms with Gasteiger partial charge in [0, 0.05) is 23.6 Å². The maximum absolute atomic E-state index is 12.0. The number of benzene rings is 1. The van der Waals surface area contributed by atoms with Crippen LogP contribution in [0.25, 0.3) is 0 Å². The van der Waals surface area contributed by atoms with Gasteiger partial charge in [-0.15, -0.1) is 0 Å². The second kappa shape index (κ2) is 7.15. The third-order valence-corrected chi connectivity index (χ3v) is 4.49. The SMILES string of the molecule is CC1CN(CC(=O)NC(=O)c2ccccc2Br)CCC1N. The summed E-state index contributed by atoms with van der Waals surface area (Å²) in [5, 5.41) is 2.43. The van der Waals surface area contributed by atoms with E-state index >= 15 is 0 Å². The fourth-order valence-electron chi connectivity index (χ4n) is 2.48. The predicted octanol–water partition coefficient (Wildman–Crippen LogP) is 1.37. The number of nitrogens with one attached hydrogen (secondary N) is 1. The van der Waals surface area contributed by atoms with Crippen molar-refractivity contribution in [3.8, 4) is 0 Å². The van der Waals surface area contributed by atoms with E-state index in [1.54, 1.807) is 18.2 Å². The number of nitrogens with zero attached hydrogens (tertiary/aromatic N) is 1. The van der Waals surface area contributed by atoms with Crippen molar-refractivity contribution in [3.05, 3.63) is 34.3 Å². The fourth-order valence-corrected chi connectivity index (χ4v) is 2.94. The molecule has 0 spiro atoms. The molecule has 114 valence electrons. The van der Waals surface area contributed by atoms with Crippen molar-refractivity contribution in [3.63, 3.8) is 0 Å². The Morgan fingerprint density at radius 1 is 1.43 bits per heavy atom. The predicted molar refractivity (Wildman–Crippen MR) is 84.8 cm³/mol. The largest absolute Gasteiger partial charge is 0.327 e. The van der Waals surface area contributed by atoms with E-state index in [1.165, 1.54) is 0 Å². The van der Waals surface area contributed by atoms with E-state index in [4.69, 9.17) is 5.73 Å². The van der Waals surface area contributed by atoms with E-state index in [1.807, 2.05) is 11.0 Å². The zero-order valence-electron chi connectivity index (χ0n) is 12.0. The highest BCUT2D eigenvalue weighted by molar-refractivity contribution is 9.10. The minimum absolute atomic E-state index is 0.200. The first-order chi connectivity index (χ1) is 9.97. The lowest BCUT2D eigenvalue weighted by Gasteiger charge is -2.34. The lowest BCUT2D eigenvalue weighted by atomic mass is 9.95. The molecule has 21 heavy (non-hydrogen) atoms. The van der Waals surface area contributed by atoms with Gasteiger partial charge < -0.3 is 5.73 Å². The Kier molecular flexibility index (Phi) is 5.50. The van der Waals surface area contributed by atoms with Gasteiger partial charge in [-0.25, -0.2) is 0 Å². The Balaban J connectivity index is 1.88. The molecule has 0 aliphatic carbocycles. The number of hydrogen-bond donors (Lipinski definition) is 2. The van der Waals surface area contributed by atoms with Crippen LogP contribution in [0, 0.1) is 5.92 Å². The first-order valence-electron chi connectivity index (χ1n) is 7.04. The Morgan fingerprint density at radius 2 is 2.14 bits per heavy atom. The molecule has 1 aromatic carbocycles. The Morgan fingerprint density at radius 3 is 2.81 bits per heavy atom. The zero-order chi connectivity index (χ0) is 15.4. The number of piperidine rings is 1. The summed E-state index contributed by atoms with van der Waals surface area (Å²) >= 11 is 3.30. The second-order valence-electron chi connectivity index (χ2n) is 5.52. The van der Waals surface area contributed by atoms with Crippen molar-refractivity contribution in [2.24, 2.45) is 11.7 Å². The summed E-state index contributed by atoms with van der Waals surface area (Å²) < 4.78 is 0.674. The highest BCUT2D eigenvalue weighted by Gasteiger charge is 2.25. The summed E-state index contributed by atoms with van der Waals surface area (Å²) in [6.07, 6.45) is 0.882. The molecule has 1 heterocycles. The number of likely N-dealkylation sites (tertiary alicyclic amines) is 1. The number of amides is 2. The second-order valence-corrected chi connectivity index (χ2v) is 6.38. The summed E-state index contributed by atoms with van der Waals surface area (Å²) in [4.78, 5) is 26.0. The molecule has 1 saturated heterocycles. The Hall–Kier alpha value is -1.24. The molecule has 0 saturated carbocycles. The Bertz CT molecular complexity index is 535. The first-order valence-corrected chi connectivity index (χ1v) is 7.83. The standard InChI is InChI=1S/C15H20BrN3O2/c1-10-8-19(7-6-13(10)17)9-14(20)18-15(21)11-4-2-3-5-12(11)16/h2-5,10,13H,6-9,17H2,1H3,(H,18,20,21). The van der Waals surface area contributed by atoms with Crippen molar-refractivity contribution < 1.29 is 9.59 Å². The van der Waals surface area contributed by atoms with Gasteiger partial charge in [0.15, 0.2) is 0 Å². The molecule has 1 aromatic rings. The van der Waals surface area contributed by atoms with Gasteiger partial charge in [0.1, 0.15) is 0 Å². The number of nitrogens with two attached hydrogens (primary N) is 1. The first kappa shape index (κ1) is 16.1. The van der Waals surface area contributed by atoms with Crippen molar-refractivity contribution in [1.29, 1.82) is 0 Å². The van der Waals surface area contributed by atoms with E-state index < -0.39 is 0 Å². The maximum Gasteiger partial charge on any atom is 0.259 e. The van der Waals surface area contributed by atoms with Gasteiger partial charge in [-0.3, -0.25) is 19.8 Å². The molecule has 2 rings (SSSR count). The van der Waals surface area contributed by atoms with Crippen LogP contribution in [0.5, 0.6) is 0 Å². The maximum atomic E-state index is 12.0. The van der Waals surface area contributed by atoms with Crippen LogP contribution in [0.4, 0.5) is 0 Å². The molecule has 3 N–H and O–H groups in total. The number of carbonyl (C=O) groups excluding carboxylic acids is 2. The van der Waals surface area contributed by atoms with Crippen molar-refractivity contribution in [2.45, 2.75) is 19.4 Å². The van der Waals surface area contributed by atoms with Crippen LogP contribution in [0.15, 0.2) is 28.7 Å². The zero-order valence-corrected chi connectivity index (χ0v) is 13.6. The molecule has 2 atom stereocenters. The normalized spacial score (nSPS) is 22.8. The van der Waals surface area contributed by atoms with Crippen LogP contribution in [-0.4, -0.2) is 42.4 Å². The number of halogens is 1. The molecule has 1 aliphatic heterocycles. The van der Waals surface area contributed by atoms with Crippen LogP contribution in [0.2, 0.25) is 0 Å². The van der Waals surface area contributed by atoms with E-state index in [2.05, 4.69) is 28.2 Å². The van der Waals surface area contributed by atoms with E-state index in [9.17, 15) is 9.59 Å². The van der Waals surface area contributed by atoms with Crippen molar-refractivity contribution in [1.82, 2.24) is 10.2 Å². The van der Waals surface area contributed by atoms with Gasteiger partial charge in [-0.05, 0) is 40.4 Å². The fraction of sp³-hybridized carbons (Fsp3) is 0.467. The number of imide groups is 1. The summed E-state index contributed by atoms with van der Waals surface area (Å²) in [6, 6.07) is 7.23. The van der Waals surface area contributed by atoms with Crippen LogP contribution < -0.4 is 11.1 Å². The van der Waals surface area contributed by atoms with E-state index in [0.717, 1.165) is 19.5 Å². The monoisotopic (exact) mass is 353 g/mol. The summed E-state index contributed by atoms with van der Waals surface area (Å²) in [5.41, 5.74) is 6.42. The summed E-state index contributed by atoms with van der Waals surface area (Å²) in [6.45, 7) is 3.90. The van der Waals surface area contributed by atoms with Crippen LogP contribution in [-0.2, 0) is 4.79 Å². The van der Waals surface area contributed by atoms with E-state index in [0.29, 0.717) is 16.0 Å². The molecule has 0 radical (unpaired) electrons. The number of hydrogen-bond acceptors (Lipinski definition) is 4. The minimum Gasteiger partial charge on any atom is -0.327 e. The molecular formula is C15H20BrN3O2. The summed E-state index contributed by atoms with van der Waals surface area (Å²) in [7, 11) is 0. The molecule has 6 heteroatoms. The molecule has 0 aromatic heterocycles. The topological polar surface area (TPSA) is 75.4 Å². The van der Waals surface area contributed by atoms with Crippen molar-refractivity contribution >= 4 is 27.7 Å². The highest BCUT2D eigenvalue weighted by atomic mass is 79.9. The van der Waals surface area contributed by atoms with Crippen LogP contribution >= 0.6 is 15.9 Å². The lowest BCUT2D eigenvalue weighted by molar-refractivity contribution is -0.121. The molecule has 1 aliphatic rings. The van der Waals surface area contributed by atoms with Crippen molar-refractivity contribution in [2.75, 3.05) is 19.6 Å². The molecule has 2 unspecified atom stereocenters. The van der Waals surface area contributed by atoms with Gasteiger partial charge >= 0.3 is 0 Å².